The molecule has 2 aromatic carbocycles. The lowest BCUT2D eigenvalue weighted by Crippen LogP contribution is -1.92. The Hall–Kier alpha value is -1.51. The van der Waals surface area contributed by atoms with Gasteiger partial charge in [0.05, 0.1) is 11.3 Å². The smallest absolute Gasteiger partial charge is 0.150 e. The van der Waals surface area contributed by atoms with Crippen molar-refractivity contribution in [1.29, 1.82) is 5.26 Å². The summed E-state index contributed by atoms with van der Waals surface area (Å²) in [6, 6.07) is 12.6. The molecule has 0 aromatic heterocycles. The normalized spacial score (nSPS) is 9.83. The van der Waals surface area contributed by atoms with Crippen LogP contribution in [0.4, 0.5) is 5.69 Å². The van der Waals surface area contributed by atoms with Crippen LogP contribution in [0.2, 0.25) is 0 Å². The lowest BCUT2D eigenvalue weighted by molar-refractivity contribution is 0.484. The zero-order valence-electron chi connectivity index (χ0n) is 9.15. The van der Waals surface area contributed by atoms with Crippen molar-refractivity contribution in [3.63, 3.8) is 0 Å². The first-order valence-corrected chi connectivity index (χ1v) is 6.61. The summed E-state index contributed by atoms with van der Waals surface area (Å²) in [6.07, 6.45) is 0. The van der Waals surface area contributed by atoms with Crippen molar-refractivity contribution in [2.45, 2.75) is 0 Å². The van der Waals surface area contributed by atoms with Crippen molar-refractivity contribution < 1.29 is 4.74 Å². The molecule has 0 amide bonds. The summed E-state index contributed by atoms with van der Waals surface area (Å²) in [5, 5.41) is 8.83. The predicted molar refractivity (Wildman–Crippen MR) is 77.5 cm³/mol. The highest BCUT2D eigenvalue weighted by atomic mass is 79.9. The van der Waals surface area contributed by atoms with Gasteiger partial charge in [-0.25, -0.2) is 0 Å². The number of ether oxygens (including phenoxy) is 1. The molecule has 2 rings (SSSR count). The minimum absolute atomic E-state index is 0.546. The summed E-state index contributed by atoms with van der Waals surface area (Å²) >= 11 is 6.64. The first-order chi connectivity index (χ1) is 8.60. The quantitative estimate of drug-likeness (QED) is 0.797. The van der Waals surface area contributed by atoms with Crippen molar-refractivity contribution >= 4 is 37.5 Å². The van der Waals surface area contributed by atoms with E-state index in [1.54, 1.807) is 30.3 Å². The van der Waals surface area contributed by atoms with Gasteiger partial charge in [-0.05, 0) is 52.3 Å². The second kappa shape index (κ2) is 5.42. The Labute approximate surface area is 121 Å². The fourth-order valence-electron chi connectivity index (χ4n) is 1.39. The van der Waals surface area contributed by atoms with E-state index in [1.807, 2.05) is 6.07 Å². The van der Waals surface area contributed by atoms with E-state index in [4.69, 9.17) is 15.7 Å². The van der Waals surface area contributed by atoms with E-state index in [-0.39, 0.29) is 0 Å². The average Bonchev–Trinajstić information content (AvgIpc) is 2.33. The number of nitrogens with two attached hydrogens (primary N) is 1. The van der Waals surface area contributed by atoms with Gasteiger partial charge in [-0.15, -0.1) is 0 Å². The fraction of sp³-hybridized carbons (Fsp3) is 0. The number of hydrogen-bond acceptors (Lipinski definition) is 3. The minimum atomic E-state index is 0.546. The van der Waals surface area contributed by atoms with Gasteiger partial charge < -0.3 is 10.5 Å². The summed E-state index contributed by atoms with van der Waals surface area (Å²) in [6.45, 7) is 0. The van der Waals surface area contributed by atoms with Crippen molar-refractivity contribution in [3.8, 4) is 17.6 Å². The maximum atomic E-state index is 8.83. The molecule has 0 heterocycles. The van der Waals surface area contributed by atoms with Crippen LogP contribution < -0.4 is 10.5 Å². The number of nitrogen functional groups attached to an aromatic ring is 1. The third-order valence-electron chi connectivity index (χ3n) is 2.26. The average molecular weight is 368 g/mol. The van der Waals surface area contributed by atoms with Crippen LogP contribution in [-0.4, -0.2) is 0 Å². The second-order valence-electron chi connectivity index (χ2n) is 3.54. The Morgan fingerprint density at radius 1 is 1.11 bits per heavy atom. The van der Waals surface area contributed by atoms with Gasteiger partial charge in [0.15, 0.2) is 0 Å². The molecule has 18 heavy (non-hydrogen) atoms. The van der Waals surface area contributed by atoms with Gasteiger partial charge >= 0.3 is 0 Å². The molecule has 0 aliphatic carbocycles. The molecule has 0 spiro atoms. The molecule has 5 heteroatoms. The van der Waals surface area contributed by atoms with Crippen LogP contribution in [0.5, 0.6) is 11.5 Å². The highest BCUT2D eigenvalue weighted by molar-refractivity contribution is 9.10. The van der Waals surface area contributed by atoms with Crippen molar-refractivity contribution in [1.82, 2.24) is 0 Å². The lowest BCUT2D eigenvalue weighted by atomic mass is 10.2. The van der Waals surface area contributed by atoms with E-state index in [0.717, 1.165) is 4.47 Å². The topological polar surface area (TPSA) is 59.0 Å². The van der Waals surface area contributed by atoms with Gasteiger partial charge in [-0.3, -0.25) is 0 Å². The third kappa shape index (κ3) is 2.84. The molecule has 2 aromatic rings. The van der Waals surface area contributed by atoms with E-state index < -0.39 is 0 Å². The third-order valence-corrected chi connectivity index (χ3v) is 3.41. The monoisotopic (exact) mass is 366 g/mol. The summed E-state index contributed by atoms with van der Waals surface area (Å²) in [5.41, 5.74) is 6.95. The molecule has 3 nitrogen and oxygen atoms in total. The first-order valence-electron chi connectivity index (χ1n) is 5.02. The van der Waals surface area contributed by atoms with Crippen LogP contribution in [-0.2, 0) is 0 Å². The van der Waals surface area contributed by atoms with Crippen molar-refractivity contribution in [2.75, 3.05) is 5.73 Å². The zero-order chi connectivity index (χ0) is 13.1. The number of benzene rings is 2. The van der Waals surface area contributed by atoms with Gasteiger partial charge in [0, 0.05) is 8.95 Å². The second-order valence-corrected chi connectivity index (χ2v) is 5.31. The molecule has 0 fully saturated rings. The molecule has 0 aliphatic heterocycles. The molecule has 0 saturated heterocycles. The maximum Gasteiger partial charge on any atom is 0.150 e. The van der Waals surface area contributed by atoms with E-state index in [0.29, 0.717) is 27.2 Å². The Morgan fingerprint density at radius 2 is 1.89 bits per heavy atom. The van der Waals surface area contributed by atoms with Crippen LogP contribution >= 0.6 is 31.9 Å². The largest absolute Gasteiger partial charge is 0.455 e. The molecule has 90 valence electrons. The maximum absolute atomic E-state index is 8.83. The lowest BCUT2D eigenvalue weighted by Gasteiger charge is -2.09. The number of hydrogen-bond donors (Lipinski definition) is 1. The number of anilines is 1. The number of halogens is 2. The van der Waals surface area contributed by atoms with Crippen LogP contribution in [0, 0.1) is 11.3 Å². The predicted octanol–water partition coefficient (Wildman–Crippen LogP) is 4.46. The van der Waals surface area contributed by atoms with Gasteiger partial charge in [-0.2, -0.15) is 5.26 Å². The summed E-state index contributed by atoms with van der Waals surface area (Å²) in [5.74, 6) is 1.20. The van der Waals surface area contributed by atoms with Crippen LogP contribution in [0.15, 0.2) is 45.3 Å². The molecule has 0 bridgehead atoms. The molecule has 2 N–H and O–H groups in total. The standard InChI is InChI=1S/C13H8Br2N2O/c14-9-2-4-13(12(17)5-9)18-10-3-1-8(7-16)11(15)6-10/h1-6H,17H2. The van der Waals surface area contributed by atoms with Gasteiger partial charge in [0.1, 0.15) is 17.6 Å². The van der Waals surface area contributed by atoms with E-state index in [1.165, 1.54) is 0 Å². The highest BCUT2D eigenvalue weighted by Gasteiger charge is 2.05. The van der Waals surface area contributed by atoms with Crippen LogP contribution in [0.3, 0.4) is 0 Å². The Bertz CT molecular complexity index is 635. The van der Waals surface area contributed by atoms with Gasteiger partial charge in [0.25, 0.3) is 0 Å². The molecular formula is C13H8Br2N2O. The van der Waals surface area contributed by atoms with Crippen LogP contribution in [0.25, 0.3) is 0 Å². The van der Waals surface area contributed by atoms with Gasteiger partial charge in [-0.1, -0.05) is 15.9 Å². The zero-order valence-corrected chi connectivity index (χ0v) is 12.3. The van der Waals surface area contributed by atoms with Crippen molar-refractivity contribution in [2.24, 2.45) is 0 Å². The number of rotatable bonds is 2. The van der Waals surface area contributed by atoms with Crippen LogP contribution in [0.1, 0.15) is 5.56 Å². The summed E-state index contributed by atoms with van der Waals surface area (Å²) in [4.78, 5) is 0. The molecule has 0 saturated carbocycles. The molecule has 0 aliphatic rings. The Balaban J connectivity index is 2.29. The van der Waals surface area contributed by atoms with E-state index >= 15 is 0 Å². The Kier molecular flexibility index (Phi) is 3.90. The van der Waals surface area contributed by atoms with E-state index in [2.05, 4.69) is 37.9 Å². The Morgan fingerprint density at radius 3 is 2.50 bits per heavy atom. The summed E-state index contributed by atoms with van der Waals surface area (Å²) < 4.78 is 7.25. The molecule has 0 unspecified atom stereocenters. The number of nitriles is 1. The van der Waals surface area contributed by atoms with E-state index in [9.17, 15) is 0 Å². The SMILES string of the molecule is N#Cc1ccc(Oc2ccc(Br)cc2N)cc1Br. The first kappa shape index (κ1) is 12.9. The van der Waals surface area contributed by atoms with Gasteiger partial charge in [0.2, 0.25) is 0 Å². The summed E-state index contributed by atoms with van der Waals surface area (Å²) in [7, 11) is 0. The fourth-order valence-corrected chi connectivity index (χ4v) is 2.21. The molecular weight excluding hydrogens is 360 g/mol. The highest BCUT2D eigenvalue weighted by Crippen LogP contribution is 2.31. The van der Waals surface area contributed by atoms with Crippen molar-refractivity contribution in [3.05, 3.63) is 50.9 Å². The molecule has 0 atom stereocenters. The minimum Gasteiger partial charge on any atom is -0.455 e. The number of nitrogens with zero attached hydrogens (tertiary/aromatic N) is 1. The molecule has 0 radical (unpaired) electrons.